The first-order valence-corrected chi connectivity index (χ1v) is 8.31. The second kappa shape index (κ2) is 6.73. The molecule has 1 aromatic carbocycles. The minimum atomic E-state index is 0.525. The molecule has 2 heteroatoms. The zero-order valence-electron chi connectivity index (χ0n) is 12.7. The fourth-order valence-corrected chi connectivity index (χ4v) is 3.50. The number of hydrogen-bond acceptors (Lipinski definition) is 2. The summed E-state index contributed by atoms with van der Waals surface area (Å²) in [6.45, 7) is 2.35. The number of likely N-dealkylation sites (N-methyl/N-ethyl adjacent to an activating group) is 1. The molecule has 20 heavy (non-hydrogen) atoms. The highest BCUT2D eigenvalue weighted by Gasteiger charge is 2.26. The predicted octanol–water partition coefficient (Wildman–Crippen LogP) is 3.60. The van der Waals surface area contributed by atoms with Gasteiger partial charge >= 0.3 is 0 Å². The average Bonchev–Trinajstić information content (AvgIpc) is 3.16. The molecule has 2 fully saturated rings. The van der Waals surface area contributed by atoms with Gasteiger partial charge in [0.1, 0.15) is 0 Å². The van der Waals surface area contributed by atoms with Crippen LogP contribution >= 0.6 is 0 Å². The molecule has 0 amide bonds. The van der Waals surface area contributed by atoms with E-state index in [4.69, 9.17) is 0 Å². The summed E-state index contributed by atoms with van der Waals surface area (Å²) in [6, 6.07) is 12.3. The van der Waals surface area contributed by atoms with Crippen LogP contribution in [0.1, 0.15) is 50.1 Å². The van der Waals surface area contributed by atoms with Crippen molar-refractivity contribution in [2.75, 3.05) is 20.1 Å². The highest BCUT2D eigenvalue weighted by atomic mass is 15.2. The molecule has 3 rings (SSSR count). The maximum absolute atomic E-state index is 3.72. The standard InChI is InChI=1S/C18H28N2/c1-20(14-15-7-5-6-8-15)18(13-19-17-11-12-17)16-9-3-2-4-10-16/h2-4,9-10,15,17-19H,5-8,11-14H2,1H3. The van der Waals surface area contributed by atoms with Crippen LogP contribution in [-0.4, -0.2) is 31.1 Å². The van der Waals surface area contributed by atoms with Gasteiger partial charge in [-0.25, -0.2) is 0 Å². The van der Waals surface area contributed by atoms with E-state index in [0.717, 1.165) is 18.5 Å². The van der Waals surface area contributed by atoms with E-state index < -0.39 is 0 Å². The van der Waals surface area contributed by atoms with Gasteiger partial charge in [0, 0.05) is 25.2 Å². The van der Waals surface area contributed by atoms with Crippen LogP contribution < -0.4 is 5.32 Å². The van der Waals surface area contributed by atoms with Gasteiger partial charge in [0.15, 0.2) is 0 Å². The zero-order chi connectivity index (χ0) is 13.8. The number of hydrogen-bond donors (Lipinski definition) is 1. The zero-order valence-corrected chi connectivity index (χ0v) is 12.7. The Morgan fingerprint density at radius 2 is 1.80 bits per heavy atom. The van der Waals surface area contributed by atoms with Crippen molar-refractivity contribution in [2.45, 2.75) is 50.6 Å². The van der Waals surface area contributed by atoms with Crippen LogP contribution in [0.2, 0.25) is 0 Å². The minimum Gasteiger partial charge on any atom is -0.312 e. The Morgan fingerprint density at radius 1 is 1.10 bits per heavy atom. The summed E-state index contributed by atoms with van der Waals surface area (Å²) in [5, 5.41) is 3.72. The molecule has 0 aliphatic heterocycles. The molecule has 0 aromatic heterocycles. The van der Waals surface area contributed by atoms with E-state index in [1.54, 1.807) is 0 Å². The van der Waals surface area contributed by atoms with Crippen LogP contribution in [-0.2, 0) is 0 Å². The van der Waals surface area contributed by atoms with Crippen LogP contribution in [0.3, 0.4) is 0 Å². The van der Waals surface area contributed by atoms with Gasteiger partial charge in [0.2, 0.25) is 0 Å². The third-order valence-corrected chi connectivity index (χ3v) is 4.91. The van der Waals surface area contributed by atoms with Gasteiger partial charge in [0.25, 0.3) is 0 Å². The normalized spacial score (nSPS) is 21.5. The van der Waals surface area contributed by atoms with E-state index in [2.05, 4.69) is 47.6 Å². The van der Waals surface area contributed by atoms with Crippen molar-refractivity contribution in [3.05, 3.63) is 35.9 Å². The Kier molecular flexibility index (Phi) is 4.74. The van der Waals surface area contributed by atoms with E-state index in [1.807, 2.05) is 0 Å². The molecule has 0 saturated heterocycles. The van der Waals surface area contributed by atoms with E-state index >= 15 is 0 Å². The second-order valence-electron chi connectivity index (χ2n) is 6.70. The topological polar surface area (TPSA) is 15.3 Å². The van der Waals surface area contributed by atoms with Crippen LogP contribution in [0.5, 0.6) is 0 Å². The van der Waals surface area contributed by atoms with Crippen LogP contribution in [0.15, 0.2) is 30.3 Å². The van der Waals surface area contributed by atoms with Gasteiger partial charge in [-0.1, -0.05) is 43.2 Å². The molecule has 2 saturated carbocycles. The summed E-state index contributed by atoms with van der Waals surface area (Å²) in [4.78, 5) is 2.58. The monoisotopic (exact) mass is 272 g/mol. The summed E-state index contributed by atoms with van der Waals surface area (Å²) >= 11 is 0. The Hall–Kier alpha value is -0.860. The third kappa shape index (κ3) is 3.83. The summed E-state index contributed by atoms with van der Waals surface area (Å²) < 4.78 is 0. The van der Waals surface area contributed by atoms with Gasteiger partial charge < -0.3 is 5.32 Å². The van der Waals surface area contributed by atoms with Crippen molar-refractivity contribution in [2.24, 2.45) is 5.92 Å². The van der Waals surface area contributed by atoms with Crippen molar-refractivity contribution in [3.63, 3.8) is 0 Å². The van der Waals surface area contributed by atoms with E-state index in [0.29, 0.717) is 6.04 Å². The van der Waals surface area contributed by atoms with Gasteiger partial charge in [-0.05, 0) is 44.2 Å². The van der Waals surface area contributed by atoms with E-state index in [9.17, 15) is 0 Å². The fourth-order valence-electron chi connectivity index (χ4n) is 3.50. The van der Waals surface area contributed by atoms with Crippen LogP contribution in [0.25, 0.3) is 0 Å². The highest BCUT2D eigenvalue weighted by Crippen LogP contribution is 2.29. The number of nitrogens with zero attached hydrogens (tertiary/aromatic N) is 1. The smallest absolute Gasteiger partial charge is 0.0469 e. The van der Waals surface area contributed by atoms with Crippen molar-refractivity contribution < 1.29 is 0 Å². The molecule has 2 aliphatic rings. The fraction of sp³-hybridized carbons (Fsp3) is 0.667. The summed E-state index contributed by atoms with van der Waals surface area (Å²) in [7, 11) is 2.31. The quantitative estimate of drug-likeness (QED) is 0.816. The van der Waals surface area contributed by atoms with Crippen LogP contribution in [0.4, 0.5) is 0 Å². The third-order valence-electron chi connectivity index (χ3n) is 4.91. The molecule has 0 spiro atoms. The number of nitrogens with one attached hydrogen (secondary N) is 1. The Bertz CT molecular complexity index is 393. The summed E-state index contributed by atoms with van der Waals surface area (Å²) in [5.74, 6) is 0.923. The molecule has 1 unspecified atom stereocenters. The lowest BCUT2D eigenvalue weighted by atomic mass is 10.0. The maximum Gasteiger partial charge on any atom is 0.0469 e. The van der Waals surface area contributed by atoms with Crippen molar-refractivity contribution in [1.82, 2.24) is 10.2 Å². The number of rotatable bonds is 7. The van der Waals surface area contributed by atoms with Gasteiger partial charge in [-0.3, -0.25) is 4.90 Å². The largest absolute Gasteiger partial charge is 0.312 e. The first kappa shape index (κ1) is 14.1. The second-order valence-corrected chi connectivity index (χ2v) is 6.70. The predicted molar refractivity (Wildman–Crippen MR) is 84.8 cm³/mol. The lowest BCUT2D eigenvalue weighted by Crippen LogP contribution is -2.36. The molecular formula is C18H28N2. The molecule has 1 atom stereocenters. The highest BCUT2D eigenvalue weighted by molar-refractivity contribution is 5.19. The Morgan fingerprint density at radius 3 is 2.45 bits per heavy atom. The van der Waals surface area contributed by atoms with Gasteiger partial charge in [0.05, 0.1) is 0 Å². The van der Waals surface area contributed by atoms with Crippen molar-refractivity contribution in [3.8, 4) is 0 Å². The first-order valence-electron chi connectivity index (χ1n) is 8.31. The molecule has 1 aromatic rings. The summed E-state index contributed by atoms with van der Waals surface area (Å²) in [6.07, 6.45) is 8.48. The Labute approximate surface area is 123 Å². The first-order chi connectivity index (χ1) is 9.83. The minimum absolute atomic E-state index is 0.525. The summed E-state index contributed by atoms with van der Waals surface area (Å²) in [5.41, 5.74) is 1.46. The molecule has 2 aliphatic carbocycles. The lowest BCUT2D eigenvalue weighted by Gasteiger charge is -2.31. The van der Waals surface area contributed by atoms with Gasteiger partial charge in [-0.15, -0.1) is 0 Å². The lowest BCUT2D eigenvalue weighted by molar-refractivity contribution is 0.203. The molecule has 2 nitrogen and oxygen atoms in total. The van der Waals surface area contributed by atoms with E-state index in [-0.39, 0.29) is 0 Å². The average molecular weight is 272 g/mol. The molecule has 1 N–H and O–H groups in total. The molecule has 0 radical (unpaired) electrons. The Balaban J connectivity index is 1.63. The van der Waals surface area contributed by atoms with E-state index in [1.165, 1.54) is 50.6 Å². The molecule has 0 heterocycles. The van der Waals surface area contributed by atoms with Crippen molar-refractivity contribution >= 4 is 0 Å². The maximum atomic E-state index is 3.72. The van der Waals surface area contributed by atoms with Gasteiger partial charge in [-0.2, -0.15) is 0 Å². The molecule has 110 valence electrons. The number of benzene rings is 1. The molecule has 0 bridgehead atoms. The SMILES string of the molecule is CN(CC1CCCC1)C(CNC1CC1)c1ccccc1. The van der Waals surface area contributed by atoms with Crippen LogP contribution in [0, 0.1) is 5.92 Å². The van der Waals surface area contributed by atoms with Crippen molar-refractivity contribution in [1.29, 1.82) is 0 Å². The molecular weight excluding hydrogens is 244 g/mol.